The van der Waals surface area contributed by atoms with Gasteiger partial charge in [0.1, 0.15) is 5.70 Å². The second-order valence-corrected chi connectivity index (χ2v) is 7.37. The molecule has 3 aromatic carbocycles. The topological polar surface area (TPSA) is 101 Å². The molecule has 0 unspecified atom stereocenters. The number of rotatable bonds is 7. The van der Waals surface area contributed by atoms with Gasteiger partial charge in [0.2, 0.25) is 0 Å². The summed E-state index contributed by atoms with van der Waals surface area (Å²) in [5, 5.41) is 16.4. The predicted molar refractivity (Wildman–Crippen MR) is 121 cm³/mol. The highest BCUT2D eigenvalue weighted by atomic mass is 79.9. The van der Waals surface area contributed by atoms with Crippen LogP contribution in [0.15, 0.2) is 89.0 Å². The first kappa shape index (κ1) is 21.9. The lowest BCUT2D eigenvalue weighted by atomic mass is 10.1. The van der Waals surface area contributed by atoms with E-state index in [1.165, 1.54) is 24.3 Å². The van der Waals surface area contributed by atoms with Gasteiger partial charge in [-0.1, -0.05) is 54.6 Å². The molecule has 7 nitrogen and oxygen atoms in total. The molecule has 0 heterocycles. The van der Waals surface area contributed by atoms with Gasteiger partial charge in [0.25, 0.3) is 17.5 Å². The van der Waals surface area contributed by atoms with E-state index in [4.69, 9.17) is 0 Å². The SMILES string of the molecule is O=C(NCc1ccccc1)C(=Cc1cccc([N+](=O)[O-])c1)NC(=O)c1ccccc1Br. The van der Waals surface area contributed by atoms with Crippen LogP contribution in [0.3, 0.4) is 0 Å². The number of nitro groups is 1. The lowest BCUT2D eigenvalue weighted by Gasteiger charge is -2.12. The normalized spacial score (nSPS) is 10.9. The van der Waals surface area contributed by atoms with Gasteiger partial charge in [0.15, 0.2) is 0 Å². The Hall–Kier alpha value is -3.78. The van der Waals surface area contributed by atoms with Gasteiger partial charge in [-0.3, -0.25) is 19.7 Å². The van der Waals surface area contributed by atoms with Gasteiger partial charge >= 0.3 is 0 Å². The summed E-state index contributed by atoms with van der Waals surface area (Å²) in [6.07, 6.45) is 1.40. The number of hydrogen-bond acceptors (Lipinski definition) is 4. The minimum Gasteiger partial charge on any atom is -0.347 e. The molecule has 0 saturated carbocycles. The number of benzene rings is 3. The Morgan fingerprint density at radius 1 is 0.968 bits per heavy atom. The first-order valence-electron chi connectivity index (χ1n) is 9.28. The molecule has 0 aliphatic carbocycles. The standard InChI is InChI=1S/C23H18BrN3O4/c24-20-12-5-4-11-19(20)22(28)26-21(14-17-9-6-10-18(13-17)27(30)31)23(29)25-15-16-7-2-1-3-8-16/h1-14H,15H2,(H,25,29)(H,26,28). The van der Waals surface area contributed by atoms with E-state index in [0.717, 1.165) is 5.56 Å². The van der Waals surface area contributed by atoms with E-state index in [0.29, 0.717) is 15.6 Å². The van der Waals surface area contributed by atoms with Crippen LogP contribution in [0.4, 0.5) is 5.69 Å². The fourth-order valence-corrected chi connectivity index (χ4v) is 3.23. The Kier molecular flexibility index (Phi) is 7.29. The maximum absolute atomic E-state index is 12.9. The van der Waals surface area contributed by atoms with Crippen LogP contribution >= 0.6 is 15.9 Å². The molecular weight excluding hydrogens is 462 g/mol. The van der Waals surface area contributed by atoms with E-state index >= 15 is 0 Å². The molecule has 0 spiro atoms. The van der Waals surface area contributed by atoms with Gasteiger partial charge in [-0.25, -0.2) is 0 Å². The summed E-state index contributed by atoms with van der Waals surface area (Å²) in [5.41, 5.74) is 1.50. The Morgan fingerprint density at radius 3 is 2.39 bits per heavy atom. The van der Waals surface area contributed by atoms with Crippen molar-refractivity contribution in [3.63, 3.8) is 0 Å². The van der Waals surface area contributed by atoms with Gasteiger partial charge in [-0.05, 0) is 45.3 Å². The number of nitrogens with one attached hydrogen (secondary N) is 2. The highest BCUT2D eigenvalue weighted by molar-refractivity contribution is 9.10. The van der Waals surface area contributed by atoms with Crippen LogP contribution in [-0.2, 0) is 11.3 Å². The molecule has 156 valence electrons. The van der Waals surface area contributed by atoms with Crippen molar-refractivity contribution in [2.24, 2.45) is 0 Å². The van der Waals surface area contributed by atoms with Crippen molar-refractivity contribution in [2.75, 3.05) is 0 Å². The molecule has 0 aromatic heterocycles. The summed E-state index contributed by atoms with van der Waals surface area (Å²) in [4.78, 5) is 36.1. The molecule has 2 amide bonds. The van der Waals surface area contributed by atoms with Crippen LogP contribution in [0.2, 0.25) is 0 Å². The smallest absolute Gasteiger partial charge is 0.270 e. The second-order valence-electron chi connectivity index (χ2n) is 6.51. The molecule has 3 rings (SSSR count). The third-order valence-electron chi connectivity index (χ3n) is 4.30. The van der Waals surface area contributed by atoms with Crippen LogP contribution in [0.1, 0.15) is 21.5 Å². The molecule has 2 N–H and O–H groups in total. The quantitative estimate of drug-likeness (QED) is 0.297. The van der Waals surface area contributed by atoms with Crippen molar-refractivity contribution in [2.45, 2.75) is 6.54 Å². The Bertz CT molecular complexity index is 1150. The Balaban J connectivity index is 1.88. The van der Waals surface area contributed by atoms with Gasteiger partial charge in [-0.2, -0.15) is 0 Å². The number of carbonyl (C=O) groups excluding carboxylic acids is 2. The molecular formula is C23H18BrN3O4. The zero-order valence-corrected chi connectivity index (χ0v) is 17.8. The van der Waals surface area contributed by atoms with Crippen LogP contribution in [0.5, 0.6) is 0 Å². The van der Waals surface area contributed by atoms with Crippen molar-refractivity contribution < 1.29 is 14.5 Å². The van der Waals surface area contributed by atoms with Crippen molar-refractivity contribution in [3.05, 3.63) is 116 Å². The van der Waals surface area contributed by atoms with Gasteiger partial charge < -0.3 is 10.6 Å². The largest absolute Gasteiger partial charge is 0.347 e. The van der Waals surface area contributed by atoms with Crippen LogP contribution in [0.25, 0.3) is 6.08 Å². The predicted octanol–water partition coefficient (Wildman–Crippen LogP) is 4.44. The second kappa shape index (κ2) is 10.3. The number of amides is 2. The van der Waals surface area contributed by atoms with E-state index in [1.54, 1.807) is 30.3 Å². The molecule has 0 bridgehead atoms. The molecule has 31 heavy (non-hydrogen) atoms. The molecule has 8 heteroatoms. The maximum Gasteiger partial charge on any atom is 0.270 e. The first-order chi connectivity index (χ1) is 14.9. The summed E-state index contributed by atoms with van der Waals surface area (Å²) in [6.45, 7) is 0.261. The third kappa shape index (κ3) is 6.10. The number of carbonyl (C=O) groups is 2. The third-order valence-corrected chi connectivity index (χ3v) is 4.99. The minimum atomic E-state index is -0.522. The zero-order chi connectivity index (χ0) is 22.2. The summed E-state index contributed by atoms with van der Waals surface area (Å²) >= 11 is 3.32. The number of nitrogens with zero attached hydrogens (tertiary/aromatic N) is 1. The van der Waals surface area contributed by atoms with E-state index in [-0.39, 0.29) is 17.9 Å². The molecule has 0 atom stereocenters. The summed E-state index contributed by atoms with van der Waals surface area (Å²) < 4.78 is 0.576. The summed E-state index contributed by atoms with van der Waals surface area (Å²) in [6, 6.07) is 21.9. The summed E-state index contributed by atoms with van der Waals surface area (Å²) in [7, 11) is 0. The van der Waals surface area contributed by atoms with Crippen LogP contribution in [0, 0.1) is 10.1 Å². The Morgan fingerprint density at radius 2 is 1.68 bits per heavy atom. The average Bonchev–Trinajstić information content (AvgIpc) is 2.78. The van der Waals surface area contributed by atoms with E-state index < -0.39 is 16.7 Å². The van der Waals surface area contributed by atoms with Crippen LogP contribution < -0.4 is 10.6 Å². The van der Waals surface area contributed by atoms with Crippen molar-refractivity contribution in [1.29, 1.82) is 0 Å². The van der Waals surface area contributed by atoms with E-state index in [9.17, 15) is 19.7 Å². The van der Waals surface area contributed by atoms with Crippen LogP contribution in [-0.4, -0.2) is 16.7 Å². The number of non-ortho nitro benzene ring substituents is 1. The maximum atomic E-state index is 12.9. The molecule has 0 radical (unpaired) electrons. The molecule has 0 aliphatic heterocycles. The fourth-order valence-electron chi connectivity index (χ4n) is 2.76. The lowest BCUT2D eigenvalue weighted by Crippen LogP contribution is -2.34. The first-order valence-corrected chi connectivity index (χ1v) is 10.1. The van der Waals surface area contributed by atoms with Crippen molar-refractivity contribution in [1.82, 2.24) is 10.6 Å². The van der Waals surface area contributed by atoms with Gasteiger partial charge in [0.05, 0.1) is 10.5 Å². The summed E-state index contributed by atoms with van der Waals surface area (Å²) in [5.74, 6) is -1.00. The zero-order valence-electron chi connectivity index (χ0n) is 16.2. The van der Waals surface area contributed by atoms with E-state index in [1.807, 2.05) is 30.3 Å². The number of nitro benzene ring substituents is 1. The minimum absolute atomic E-state index is 0.0304. The Labute approximate surface area is 187 Å². The van der Waals surface area contributed by atoms with E-state index in [2.05, 4.69) is 26.6 Å². The van der Waals surface area contributed by atoms with Gasteiger partial charge in [-0.15, -0.1) is 0 Å². The highest BCUT2D eigenvalue weighted by Gasteiger charge is 2.17. The lowest BCUT2D eigenvalue weighted by molar-refractivity contribution is -0.384. The molecule has 0 saturated heterocycles. The molecule has 3 aromatic rings. The van der Waals surface area contributed by atoms with Crippen molar-refractivity contribution in [3.8, 4) is 0 Å². The number of halogens is 1. The number of hydrogen-bond donors (Lipinski definition) is 2. The average molecular weight is 480 g/mol. The molecule has 0 fully saturated rings. The fraction of sp³-hybridized carbons (Fsp3) is 0.0435. The monoisotopic (exact) mass is 479 g/mol. The van der Waals surface area contributed by atoms with Gasteiger partial charge in [0, 0.05) is 23.2 Å². The van der Waals surface area contributed by atoms with Crippen molar-refractivity contribution >= 4 is 39.5 Å². The molecule has 0 aliphatic rings. The highest BCUT2D eigenvalue weighted by Crippen LogP contribution is 2.18.